The van der Waals surface area contributed by atoms with Crippen LogP contribution in [0.2, 0.25) is 0 Å². The summed E-state index contributed by atoms with van der Waals surface area (Å²) >= 11 is 0. The molecule has 6 rings (SSSR count). The average Bonchev–Trinajstić information content (AvgIpc) is 4.01. The lowest BCUT2D eigenvalue weighted by Crippen LogP contribution is -2.47. The van der Waals surface area contributed by atoms with Crippen molar-refractivity contribution in [3.05, 3.63) is 79.0 Å². The van der Waals surface area contributed by atoms with Crippen molar-refractivity contribution in [2.45, 2.75) is 76.7 Å². The minimum atomic E-state index is -3.78. The number of benzene rings is 2. The van der Waals surface area contributed by atoms with Gasteiger partial charge in [0.1, 0.15) is 0 Å². The Bertz CT molecular complexity index is 1820. The van der Waals surface area contributed by atoms with Crippen molar-refractivity contribution in [3.8, 4) is 11.3 Å². The minimum Gasteiger partial charge on any atom is -0.378 e. The highest BCUT2D eigenvalue weighted by atomic mass is 32.2. The van der Waals surface area contributed by atoms with E-state index in [0.717, 1.165) is 27.7 Å². The van der Waals surface area contributed by atoms with Crippen LogP contribution >= 0.6 is 0 Å². The van der Waals surface area contributed by atoms with Gasteiger partial charge in [-0.05, 0) is 69.2 Å². The number of carbonyl (C=O) groups is 3. The Morgan fingerprint density at radius 2 is 1.81 bits per heavy atom. The van der Waals surface area contributed by atoms with Crippen LogP contribution in [0.3, 0.4) is 0 Å². The van der Waals surface area contributed by atoms with Crippen LogP contribution in [0, 0.1) is 23.2 Å². The van der Waals surface area contributed by atoms with Gasteiger partial charge in [-0.1, -0.05) is 67.6 Å². The third kappa shape index (κ3) is 6.83. The normalized spacial score (nSPS) is 25.0. The van der Waals surface area contributed by atoms with Gasteiger partial charge in [-0.25, -0.2) is 8.42 Å². The molecular weight excluding hydrogens is 627 g/mol. The first-order chi connectivity index (χ1) is 23.0. The molecule has 0 bridgehead atoms. The number of nitrogens with zero attached hydrogens (tertiary/aromatic N) is 2. The molecule has 2 aliphatic carbocycles. The summed E-state index contributed by atoms with van der Waals surface area (Å²) in [6.45, 7) is 10.2. The maximum absolute atomic E-state index is 14.3. The van der Waals surface area contributed by atoms with E-state index in [1.54, 1.807) is 11.0 Å². The van der Waals surface area contributed by atoms with E-state index in [0.29, 0.717) is 45.3 Å². The molecule has 6 atom stereocenters. The molecule has 254 valence electrons. The van der Waals surface area contributed by atoms with Crippen molar-refractivity contribution in [1.29, 1.82) is 0 Å². The van der Waals surface area contributed by atoms with Gasteiger partial charge in [-0.3, -0.25) is 24.1 Å². The van der Waals surface area contributed by atoms with Gasteiger partial charge in [0.25, 0.3) is 0 Å². The molecule has 3 aliphatic rings. The van der Waals surface area contributed by atoms with E-state index < -0.39 is 38.6 Å². The summed E-state index contributed by atoms with van der Waals surface area (Å²) in [5.74, 6) is -1.91. The number of likely N-dealkylation sites (tertiary alicyclic amines) is 1. The number of aromatic nitrogens is 1. The van der Waals surface area contributed by atoms with E-state index in [1.165, 1.54) is 0 Å². The number of ether oxygens (including phenoxy) is 1. The number of hydrogen-bond acceptors (Lipinski definition) is 7. The van der Waals surface area contributed by atoms with Gasteiger partial charge in [-0.15, -0.1) is 6.58 Å². The van der Waals surface area contributed by atoms with Crippen molar-refractivity contribution in [3.63, 3.8) is 0 Å². The Balaban J connectivity index is 1.28. The number of rotatable bonds is 14. The summed E-state index contributed by atoms with van der Waals surface area (Å²) in [6, 6.07) is 19.4. The minimum absolute atomic E-state index is 0.0612. The number of carbonyl (C=O) groups excluding carboxylic acids is 3. The van der Waals surface area contributed by atoms with Crippen LogP contribution in [0.15, 0.2) is 73.3 Å². The van der Waals surface area contributed by atoms with Crippen LogP contribution in [-0.2, 0) is 35.6 Å². The van der Waals surface area contributed by atoms with Crippen molar-refractivity contribution in [1.82, 2.24) is 14.6 Å². The molecule has 3 fully saturated rings. The predicted octanol–water partition coefficient (Wildman–Crippen LogP) is 5.48. The summed E-state index contributed by atoms with van der Waals surface area (Å²) in [7, 11) is -3.78. The molecule has 1 aliphatic heterocycles. The third-order valence-corrected chi connectivity index (χ3v) is 12.3. The molecule has 2 amide bonds. The number of fused-ring (bicyclic) bond motifs is 1. The van der Waals surface area contributed by atoms with Gasteiger partial charge in [0.05, 0.1) is 34.4 Å². The highest BCUT2D eigenvalue weighted by Crippen LogP contribution is 2.57. The van der Waals surface area contributed by atoms with Crippen LogP contribution in [0.25, 0.3) is 22.0 Å². The monoisotopic (exact) mass is 671 g/mol. The lowest BCUT2D eigenvalue weighted by atomic mass is 9.89. The van der Waals surface area contributed by atoms with E-state index in [9.17, 15) is 22.8 Å². The molecule has 9 nitrogen and oxygen atoms in total. The molecule has 0 radical (unpaired) electrons. The molecule has 1 saturated heterocycles. The van der Waals surface area contributed by atoms with Gasteiger partial charge >= 0.3 is 0 Å². The van der Waals surface area contributed by atoms with Crippen LogP contribution in [-0.4, -0.2) is 66.4 Å². The Hall–Kier alpha value is -3.89. The lowest BCUT2D eigenvalue weighted by molar-refractivity contribution is -0.145. The fraction of sp³-hybridized carbons (Fsp3) is 0.474. The Kier molecular flexibility index (Phi) is 9.60. The van der Waals surface area contributed by atoms with E-state index in [1.807, 2.05) is 63.2 Å². The summed E-state index contributed by atoms with van der Waals surface area (Å²) in [5.41, 5.74) is 1.59. The number of pyridine rings is 1. The fourth-order valence-corrected chi connectivity index (χ4v) is 8.64. The van der Waals surface area contributed by atoms with Crippen molar-refractivity contribution >= 4 is 38.4 Å². The first-order valence-electron chi connectivity index (χ1n) is 17.0. The van der Waals surface area contributed by atoms with Crippen LogP contribution in [0.5, 0.6) is 0 Å². The molecule has 1 aromatic heterocycles. The van der Waals surface area contributed by atoms with E-state index >= 15 is 0 Å². The molecule has 10 heteroatoms. The SMILES string of the molecule is C=C[C@@H]1C[C@]1(CC(=O)[C@@H]1C[C@@H](Cc2nc(-c3ccccc3)cc3ccccc23)CN1C(=O)[C@@H](C)[C@H](C)OCC)C(=O)NS(=O)(=O)C1CC1. The zero-order chi connectivity index (χ0) is 34.2. The summed E-state index contributed by atoms with van der Waals surface area (Å²) in [5, 5.41) is 1.54. The average molecular weight is 672 g/mol. The van der Waals surface area contributed by atoms with Gasteiger partial charge in [0, 0.05) is 36.2 Å². The zero-order valence-electron chi connectivity index (χ0n) is 27.9. The van der Waals surface area contributed by atoms with Gasteiger partial charge in [0.15, 0.2) is 5.78 Å². The molecule has 48 heavy (non-hydrogen) atoms. The Morgan fingerprint density at radius 1 is 1.10 bits per heavy atom. The number of nitrogens with one attached hydrogen (secondary N) is 1. The van der Waals surface area contributed by atoms with E-state index in [4.69, 9.17) is 9.72 Å². The summed E-state index contributed by atoms with van der Waals surface area (Å²) < 4.78 is 33.3. The molecule has 0 unspecified atom stereocenters. The molecule has 2 saturated carbocycles. The van der Waals surface area contributed by atoms with Crippen LogP contribution in [0.4, 0.5) is 0 Å². The van der Waals surface area contributed by atoms with E-state index in [-0.39, 0.29) is 36.1 Å². The molecule has 2 heterocycles. The second-order valence-corrected chi connectivity index (χ2v) is 15.8. The number of Topliss-reactive ketones (excluding diaryl/α,β-unsaturated/α-hetero) is 1. The third-order valence-electron chi connectivity index (χ3n) is 10.5. The van der Waals surface area contributed by atoms with Gasteiger partial charge < -0.3 is 9.64 Å². The van der Waals surface area contributed by atoms with Crippen molar-refractivity contribution in [2.24, 2.45) is 23.2 Å². The fourth-order valence-electron chi connectivity index (χ4n) is 7.25. The van der Waals surface area contributed by atoms with Crippen molar-refractivity contribution in [2.75, 3.05) is 13.2 Å². The summed E-state index contributed by atoms with van der Waals surface area (Å²) in [4.78, 5) is 48.5. The zero-order valence-corrected chi connectivity index (χ0v) is 28.7. The molecule has 2 aromatic carbocycles. The predicted molar refractivity (Wildman–Crippen MR) is 185 cm³/mol. The number of ketones is 1. The van der Waals surface area contributed by atoms with E-state index in [2.05, 4.69) is 29.5 Å². The first kappa shape index (κ1) is 34.0. The standard InChI is InChI=1S/C38H45N3O6S/c1-5-29-21-38(29,37(44)40-48(45,46)30-16-17-30)22-35(42)34-19-26(23-41(34)36(43)24(3)25(4)47-6-2)18-33-31-15-11-10-14-28(31)20-32(39-33)27-12-8-7-9-13-27/h5,7-15,20,24-26,29-30,34H,1,6,16-19,21-23H2,2-4H3,(H,40,44)/t24-,25-,26+,29+,34-,38+/m0/s1. The second-order valence-electron chi connectivity index (χ2n) is 13.8. The lowest BCUT2D eigenvalue weighted by Gasteiger charge is -2.30. The maximum Gasteiger partial charge on any atom is 0.240 e. The molecular formula is C38H45N3O6S. The summed E-state index contributed by atoms with van der Waals surface area (Å²) in [6.07, 6.45) is 3.50. The van der Waals surface area contributed by atoms with Crippen molar-refractivity contribution < 1.29 is 27.5 Å². The quantitative estimate of drug-likeness (QED) is 0.225. The topological polar surface area (TPSA) is 123 Å². The number of sulfonamides is 1. The Morgan fingerprint density at radius 3 is 2.48 bits per heavy atom. The first-order valence-corrected chi connectivity index (χ1v) is 18.6. The Labute approximate surface area is 283 Å². The number of allylic oxidation sites excluding steroid dienone is 1. The van der Waals surface area contributed by atoms with Gasteiger partial charge in [0.2, 0.25) is 21.8 Å². The maximum atomic E-state index is 14.3. The smallest absolute Gasteiger partial charge is 0.240 e. The van der Waals surface area contributed by atoms with Crippen LogP contribution in [0.1, 0.15) is 58.6 Å². The van der Waals surface area contributed by atoms with Crippen LogP contribution < -0.4 is 4.72 Å². The molecule has 1 N–H and O–H groups in total. The number of amides is 2. The highest BCUT2D eigenvalue weighted by molar-refractivity contribution is 7.90. The van der Waals surface area contributed by atoms with Gasteiger partial charge in [-0.2, -0.15) is 0 Å². The molecule has 3 aromatic rings. The molecule has 0 spiro atoms. The second kappa shape index (κ2) is 13.6. The number of hydrogen-bond donors (Lipinski definition) is 1. The highest BCUT2D eigenvalue weighted by Gasteiger charge is 2.61. The largest absolute Gasteiger partial charge is 0.378 e.